The number of pyridine rings is 1. The summed E-state index contributed by atoms with van der Waals surface area (Å²) in [5.74, 6) is -0.244. The van der Waals surface area contributed by atoms with Crippen LogP contribution in [0.4, 0.5) is 0 Å². The van der Waals surface area contributed by atoms with Crippen LogP contribution < -0.4 is 16.0 Å². The quantitative estimate of drug-likeness (QED) is 0.0525. The second kappa shape index (κ2) is 32.6. The fourth-order valence-electron chi connectivity index (χ4n) is 4.80. The van der Waals surface area contributed by atoms with Crippen molar-refractivity contribution in [1.82, 2.24) is 20.9 Å². The largest absolute Gasteiger partial charge is 0.361 e. The van der Waals surface area contributed by atoms with Crippen LogP contribution in [0, 0.1) is 12.3 Å². The summed E-state index contributed by atoms with van der Waals surface area (Å²) < 4.78 is 0. The summed E-state index contributed by atoms with van der Waals surface area (Å²) in [6.07, 6.45) is 31.1. The second-order valence-electron chi connectivity index (χ2n) is 12.4. The van der Waals surface area contributed by atoms with Crippen molar-refractivity contribution in [2.45, 2.75) is 153 Å². The van der Waals surface area contributed by atoms with Crippen molar-refractivity contribution >= 4 is 30.2 Å². The minimum absolute atomic E-state index is 0.0766. The minimum atomic E-state index is -0.167. The molecule has 0 saturated carbocycles. The van der Waals surface area contributed by atoms with E-state index in [1.165, 1.54) is 38.5 Å². The molecule has 2 heterocycles. The zero-order valence-electron chi connectivity index (χ0n) is 34.7. The van der Waals surface area contributed by atoms with Gasteiger partial charge in [0.25, 0.3) is 5.91 Å². The SMILES string of the molecule is C=N.CC.CC/C=C\C(=C/C(NC(=O)/C(CCC)=C1\C=CC(c2cnc(C)c(/C=C\CCC)c2)=CN1)=C(C)C)NC(=O)CC.CCCCCCCC. The molecular formula is C45H73N5O2. The van der Waals surface area contributed by atoms with Gasteiger partial charge in [0.15, 0.2) is 0 Å². The molecule has 0 bridgehead atoms. The maximum Gasteiger partial charge on any atom is 0.253 e. The lowest BCUT2D eigenvalue weighted by Crippen LogP contribution is -2.28. The van der Waals surface area contributed by atoms with Crippen LogP contribution >= 0.6 is 0 Å². The monoisotopic (exact) mass is 716 g/mol. The molecule has 1 aliphatic heterocycles. The molecular weight excluding hydrogens is 643 g/mol. The summed E-state index contributed by atoms with van der Waals surface area (Å²) in [4.78, 5) is 30.2. The molecule has 7 heteroatoms. The number of nitrogens with one attached hydrogen (secondary N) is 4. The van der Waals surface area contributed by atoms with Crippen LogP contribution in [0.5, 0.6) is 0 Å². The third-order valence-electron chi connectivity index (χ3n) is 7.81. The second-order valence-corrected chi connectivity index (χ2v) is 12.4. The molecule has 0 atom stereocenters. The molecule has 0 radical (unpaired) electrons. The van der Waals surface area contributed by atoms with E-state index in [1.54, 1.807) is 0 Å². The Morgan fingerprint density at radius 1 is 0.885 bits per heavy atom. The number of aryl methyl sites for hydroxylation is 1. The number of hydrogen-bond donors (Lipinski definition) is 4. The lowest BCUT2D eigenvalue weighted by atomic mass is 10.00. The molecule has 1 aromatic heterocycles. The lowest BCUT2D eigenvalue weighted by Gasteiger charge is -2.18. The lowest BCUT2D eigenvalue weighted by molar-refractivity contribution is -0.120. The van der Waals surface area contributed by atoms with E-state index in [2.05, 4.69) is 73.6 Å². The predicted octanol–water partition coefficient (Wildman–Crippen LogP) is 12.2. The Hall–Kier alpha value is -4.26. The molecule has 4 N–H and O–H groups in total. The third kappa shape index (κ3) is 21.2. The molecule has 0 aromatic carbocycles. The smallest absolute Gasteiger partial charge is 0.253 e. The Balaban J connectivity index is 0. The highest BCUT2D eigenvalue weighted by Gasteiger charge is 2.17. The molecule has 0 saturated heterocycles. The van der Waals surface area contributed by atoms with Crippen molar-refractivity contribution in [3.63, 3.8) is 0 Å². The molecule has 2 rings (SSSR count). The van der Waals surface area contributed by atoms with Gasteiger partial charge in [0.05, 0.1) is 0 Å². The first kappa shape index (κ1) is 49.9. The molecule has 52 heavy (non-hydrogen) atoms. The maximum absolute atomic E-state index is 13.5. The van der Waals surface area contributed by atoms with Gasteiger partial charge in [-0.15, -0.1) is 0 Å². The van der Waals surface area contributed by atoms with E-state index in [-0.39, 0.29) is 11.8 Å². The number of unbranched alkanes of at least 4 members (excludes halogenated alkanes) is 6. The van der Waals surface area contributed by atoms with Gasteiger partial charge in [0.2, 0.25) is 5.91 Å². The minimum Gasteiger partial charge on any atom is -0.361 e. The molecule has 7 nitrogen and oxygen atoms in total. The fraction of sp³-hybridized carbons (Fsp3) is 0.511. The van der Waals surface area contributed by atoms with Gasteiger partial charge in [-0.1, -0.05) is 137 Å². The number of allylic oxidation sites excluding steroid dienone is 8. The molecule has 290 valence electrons. The van der Waals surface area contributed by atoms with Gasteiger partial charge in [-0.2, -0.15) is 0 Å². The van der Waals surface area contributed by atoms with E-state index in [4.69, 9.17) is 5.41 Å². The van der Waals surface area contributed by atoms with E-state index in [0.29, 0.717) is 29.8 Å². The van der Waals surface area contributed by atoms with Crippen molar-refractivity contribution in [3.8, 4) is 0 Å². The van der Waals surface area contributed by atoms with Gasteiger partial charge in [0.1, 0.15) is 0 Å². The van der Waals surface area contributed by atoms with Crippen molar-refractivity contribution in [3.05, 3.63) is 100.0 Å². The fourth-order valence-corrected chi connectivity index (χ4v) is 4.80. The van der Waals surface area contributed by atoms with Crippen LogP contribution in [0.15, 0.2) is 83.2 Å². The zero-order valence-corrected chi connectivity index (χ0v) is 34.7. The van der Waals surface area contributed by atoms with Crippen LogP contribution in [0.25, 0.3) is 11.6 Å². The van der Waals surface area contributed by atoms with Gasteiger partial charge in [-0.25, -0.2) is 0 Å². The van der Waals surface area contributed by atoms with Crippen LogP contribution in [0.1, 0.15) is 163 Å². The molecule has 0 aliphatic carbocycles. The number of carbonyl (C=O) groups is 2. The van der Waals surface area contributed by atoms with E-state index >= 15 is 0 Å². The molecule has 2 amide bonds. The van der Waals surface area contributed by atoms with Crippen molar-refractivity contribution in [1.29, 1.82) is 5.41 Å². The molecule has 1 aromatic rings. The van der Waals surface area contributed by atoms with E-state index < -0.39 is 0 Å². The van der Waals surface area contributed by atoms with Crippen molar-refractivity contribution in [2.75, 3.05) is 0 Å². The Morgan fingerprint density at radius 3 is 2.04 bits per heavy atom. The third-order valence-corrected chi connectivity index (χ3v) is 7.81. The summed E-state index contributed by atoms with van der Waals surface area (Å²) in [6.45, 7) is 25.0. The van der Waals surface area contributed by atoms with Gasteiger partial charge in [-0.05, 0) is 82.2 Å². The zero-order chi connectivity index (χ0) is 39.7. The summed E-state index contributed by atoms with van der Waals surface area (Å²) in [5.41, 5.74) is 7.83. The highest BCUT2D eigenvalue weighted by atomic mass is 16.2. The van der Waals surface area contributed by atoms with Gasteiger partial charge >= 0.3 is 0 Å². The van der Waals surface area contributed by atoms with Crippen LogP contribution in [-0.4, -0.2) is 23.5 Å². The normalized spacial score (nSPS) is 13.0. The Morgan fingerprint density at radius 2 is 1.54 bits per heavy atom. The summed E-state index contributed by atoms with van der Waals surface area (Å²) in [5, 5.41) is 14.9. The van der Waals surface area contributed by atoms with E-state index in [0.717, 1.165) is 59.3 Å². The highest BCUT2D eigenvalue weighted by molar-refractivity contribution is 5.96. The average molecular weight is 716 g/mol. The van der Waals surface area contributed by atoms with Crippen LogP contribution in [-0.2, 0) is 9.59 Å². The average Bonchev–Trinajstić information content (AvgIpc) is 3.17. The topological polar surface area (TPSA) is 107 Å². The molecule has 0 spiro atoms. The van der Waals surface area contributed by atoms with E-state index in [9.17, 15) is 9.59 Å². The first-order chi connectivity index (χ1) is 25.1. The summed E-state index contributed by atoms with van der Waals surface area (Å²) >= 11 is 0. The van der Waals surface area contributed by atoms with Gasteiger partial charge < -0.3 is 21.4 Å². The van der Waals surface area contributed by atoms with Crippen LogP contribution in [0.3, 0.4) is 0 Å². The number of nitrogens with zero attached hydrogens (tertiary/aromatic N) is 1. The standard InChI is InChI=1S/C34H46N4O2.C8H18.C2H6.CH3N/c1-8-12-14-16-26-20-28(23-35-25(26)7)27-18-19-31(36-22-27)30(15-10-3)34(40)38-32(24(5)6)21-29(17-13-9-2)37-33(39)11-4;1-3-5-7-8-6-4-2;2*1-2/h13-14,16-23,36H,8-12,15H2,1-7H3,(H,37,39)(H,38,40);3-8H2,1-2H3;1-2H3;2H,1H2/b16-14-,17-13-,29-21+,31-30+;;;. The highest BCUT2D eigenvalue weighted by Crippen LogP contribution is 2.24. The maximum atomic E-state index is 13.5. The Kier molecular flexibility index (Phi) is 31.3. The van der Waals surface area contributed by atoms with Gasteiger partial charge in [-0.3, -0.25) is 14.6 Å². The number of rotatable bonds is 18. The Labute approximate surface area is 318 Å². The summed E-state index contributed by atoms with van der Waals surface area (Å²) in [7, 11) is 0. The Bertz CT molecular complexity index is 1380. The number of amides is 2. The molecule has 0 fully saturated rings. The summed E-state index contributed by atoms with van der Waals surface area (Å²) in [6, 6.07) is 2.15. The molecule has 1 aliphatic rings. The predicted molar refractivity (Wildman–Crippen MR) is 228 cm³/mol. The number of hydrogen-bond acceptors (Lipinski definition) is 5. The van der Waals surface area contributed by atoms with E-state index in [1.807, 2.05) is 91.2 Å². The molecule has 0 unspecified atom stereocenters. The number of carbonyl (C=O) groups excluding carboxylic acids is 2. The van der Waals surface area contributed by atoms with Crippen molar-refractivity contribution in [2.24, 2.45) is 0 Å². The van der Waals surface area contributed by atoms with Crippen molar-refractivity contribution < 1.29 is 9.59 Å². The first-order valence-corrected chi connectivity index (χ1v) is 19.7. The van der Waals surface area contributed by atoms with Crippen LogP contribution in [0.2, 0.25) is 0 Å². The first-order valence-electron chi connectivity index (χ1n) is 19.7. The number of aromatic nitrogens is 1. The van der Waals surface area contributed by atoms with Gasteiger partial charge in [0, 0.05) is 52.7 Å². The number of dihydropyridines is 1.